The van der Waals surface area contributed by atoms with E-state index in [1.807, 2.05) is 18.2 Å². The number of carbonyl (C=O) groups is 1. The zero-order valence-corrected chi connectivity index (χ0v) is 14.8. The summed E-state index contributed by atoms with van der Waals surface area (Å²) in [6, 6.07) is 7.90. The second-order valence-corrected chi connectivity index (χ2v) is 8.01. The van der Waals surface area contributed by atoms with Crippen LogP contribution in [0.4, 0.5) is 0 Å². The van der Waals surface area contributed by atoms with E-state index in [4.69, 9.17) is 0 Å². The topological polar surface area (TPSA) is 17.1 Å². The number of ketones is 1. The van der Waals surface area contributed by atoms with E-state index in [0.717, 1.165) is 31.5 Å². The highest BCUT2D eigenvalue weighted by Crippen LogP contribution is 2.33. The van der Waals surface area contributed by atoms with Gasteiger partial charge in [-0.25, -0.2) is 0 Å². The van der Waals surface area contributed by atoms with Crippen molar-refractivity contribution in [3.63, 3.8) is 0 Å². The standard InChI is InChI=1S/C15H14Br2OS/c1-3-9-5-6-11(7-10(9)4-2)14(18)12-8-13(16)19-15(12)17/h5-8H,3-4H2,1-2H3. The first-order valence-electron chi connectivity index (χ1n) is 6.18. The SMILES string of the molecule is CCc1ccc(C(=O)c2cc(Br)sc2Br)cc1CC. The summed E-state index contributed by atoms with van der Waals surface area (Å²) in [6.45, 7) is 4.27. The van der Waals surface area contributed by atoms with Crippen molar-refractivity contribution in [3.8, 4) is 0 Å². The highest BCUT2D eigenvalue weighted by Gasteiger charge is 2.16. The largest absolute Gasteiger partial charge is 0.289 e. The average molecular weight is 402 g/mol. The quantitative estimate of drug-likeness (QED) is 0.606. The predicted octanol–water partition coefficient (Wildman–Crippen LogP) is 5.63. The molecule has 1 heterocycles. The lowest BCUT2D eigenvalue weighted by Gasteiger charge is -2.08. The van der Waals surface area contributed by atoms with Gasteiger partial charge in [0.15, 0.2) is 5.78 Å². The van der Waals surface area contributed by atoms with E-state index < -0.39 is 0 Å². The molecule has 0 amide bonds. The maximum absolute atomic E-state index is 12.5. The Hall–Kier alpha value is -0.450. The highest BCUT2D eigenvalue weighted by atomic mass is 79.9. The molecule has 0 radical (unpaired) electrons. The van der Waals surface area contributed by atoms with Crippen molar-refractivity contribution in [1.82, 2.24) is 0 Å². The molecule has 19 heavy (non-hydrogen) atoms. The van der Waals surface area contributed by atoms with Crippen LogP contribution in [-0.2, 0) is 12.8 Å². The number of halogens is 2. The molecular weight excluding hydrogens is 388 g/mol. The number of rotatable bonds is 4. The second-order valence-electron chi connectivity index (χ2n) is 4.26. The van der Waals surface area contributed by atoms with Crippen LogP contribution in [0.25, 0.3) is 0 Å². The molecule has 100 valence electrons. The summed E-state index contributed by atoms with van der Waals surface area (Å²) in [7, 11) is 0. The number of thiophene rings is 1. The molecule has 0 fully saturated rings. The van der Waals surface area contributed by atoms with E-state index in [1.165, 1.54) is 22.5 Å². The molecule has 0 atom stereocenters. The van der Waals surface area contributed by atoms with Crippen molar-refractivity contribution in [2.45, 2.75) is 26.7 Å². The molecular formula is C15H14Br2OS. The van der Waals surface area contributed by atoms with Gasteiger partial charge in [0, 0.05) is 11.1 Å². The fraction of sp³-hybridized carbons (Fsp3) is 0.267. The molecule has 1 aromatic carbocycles. The van der Waals surface area contributed by atoms with Crippen molar-refractivity contribution >= 4 is 49.0 Å². The predicted molar refractivity (Wildman–Crippen MR) is 88.3 cm³/mol. The van der Waals surface area contributed by atoms with E-state index in [1.54, 1.807) is 0 Å². The molecule has 2 rings (SSSR count). The van der Waals surface area contributed by atoms with Gasteiger partial charge in [0.2, 0.25) is 0 Å². The molecule has 0 spiro atoms. The van der Waals surface area contributed by atoms with Gasteiger partial charge in [-0.3, -0.25) is 4.79 Å². The van der Waals surface area contributed by atoms with Crippen molar-refractivity contribution in [3.05, 3.63) is 54.1 Å². The van der Waals surface area contributed by atoms with Crippen molar-refractivity contribution < 1.29 is 4.79 Å². The zero-order chi connectivity index (χ0) is 14.0. The van der Waals surface area contributed by atoms with Gasteiger partial charge in [0.05, 0.1) is 7.57 Å². The van der Waals surface area contributed by atoms with Crippen molar-refractivity contribution in [1.29, 1.82) is 0 Å². The average Bonchev–Trinajstić information content (AvgIpc) is 2.76. The first kappa shape index (κ1) is 14.9. The smallest absolute Gasteiger partial charge is 0.195 e. The zero-order valence-electron chi connectivity index (χ0n) is 10.8. The summed E-state index contributed by atoms with van der Waals surface area (Å²) in [5, 5.41) is 0. The Morgan fingerprint density at radius 2 is 1.79 bits per heavy atom. The van der Waals surface area contributed by atoms with E-state index in [9.17, 15) is 4.79 Å². The van der Waals surface area contributed by atoms with Gasteiger partial charge in [-0.05, 0) is 68.0 Å². The van der Waals surface area contributed by atoms with Gasteiger partial charge in [-0.1, -0.05) is 26.0 Å². The Balaban J connectivity index is 2.42. The molecule has 1 aromatic heterocycles. The van der Waals surface area contributed by atoms with E-state index in [0.29, 0.717) is 0 Å². The molecule has 1 nitrogen and oxygen atoms in total. The summed E-state index contributed by atoms with van der Waals surface area (Å²) in [5.41, 5.74) is 4.08. The lowest BCUT2D eigenvalue weighted by molar-refractivity contribution is 0.103. The molecule has 0 aliphatic heterocycles. The first-order chi connectivity index (χ1) is 9.06. The normalized spacial score (nSPS) is 10.7. The fourth-order valence-corrected chi connectivity index (χ4v) is 4.89. The first-order valence-corrected chi connectivity index (χ1v) is 8.58. The van der Waals surface area contributed by atoms with Crippen LogP contribution in [0.5, 0.6) is 0 Å². The maximum atomic E-state index is 12.5. The van der Waals surface area contributed by atoms with E-state index in [-0.39, 0.29) is 5.78 Å². The van der Waals surface area contributed by atoms with Crippen LogP contribution in [0.1, 0.15) is 40.9 Å². The van der Waals surface area contributed by atoms with Crippen LogP contribution in [0, 0.1) is 0 Å². The molecule has 0 aliphatic rings. The Kier molecular flexibility index (Phi) is 4.98. The van der Waals surface area contributed by atoms with Crippen molar-refractivity contribution in [2.24, 2.45) is 0 Å². The number of carbonyl (C=O) groups excluding carboxylic acids is 1. The molecule has 4 heteroatoms. The number of hydrogen-bond acceptors (Lipinski definition) is 2. The van der Waals surface area contributed by atoms with Crippen LogP contribution in [0.2, 0.25) is 0 Å². The third kappa shape index (κ3) is 3.18. The van der Waals surface area contributed by atoms with Gasteiger partial charge in [0.1, 0.15) is 0 Å². The van der Waals surface area contributed by atoms with Crippen LogP contribution in [0.15, 0.2) is 31.8 Å². The molecule has 0 unspecified atom stereocenters. The number of aryl methyl sites for hydroxylation is 2. The minimum absolute atomic E-state index is 0.0752. The summed E-state index contributed by atoms with van der Waals surface area (Å²) in [4.78, 5) is 12.5. The third-order valence-corrected chi connectivity index (χ3v) is 5.47. The van der Waals surface area contributed by atoms with Gasteiger partial charge >= 0.3 is 0 Å². The lowest BCUT2D eigenvalue weighted by atomic mass is 9.97. The minimum atomic E-state index is 0.0752. The van der Waals surface area contributed by atoms with Gasteiger partial charge in [-0.2, -0.15) is 0 Å². The van der Waals surface area contributed by atoms with E-state index in [2.05, 4.69) is 51.8 Å². The van der Waals surface area contributed by atoms with Gasteiger partial charge < -0.3 is 0 Å². The van der Waals surface area contributed by atoms with Crippen LogP contribution in [0.3, 0.4) is 0 Å². The molecule has 0 aliphatic carbocycles. The highest BCUT2D eigenvalue weighted by molar-refractivity contribution is 9.12. The second kappa shape index (κ2) is 6.33. The Morgan fingerprint density at radius 1 is 1.11 bits per heavy atom. The van der Waals surface area contributed by atoms with Gasteiger partial charge in [-0.15, -0.1) is 11.3 Å². The molecule has 0 saturated heterocycles. The summed E-state index contributed by atoms with van der Waals surface area (Å²) in [6.07, 6.45) is 1.96. The fourth-order valence-electron chi connectivity index (χ4n) is 2.09. The summed E-state index contributed by atoms with van der Waals surface area (Å²) < 4.78 is 1.84. The number of hydrogen-bond donors (Lipinski definition) is 0. The molecule has 2 aromatic rings. The van der Waals surface area contributed by atoms with E-state index >= 15 is 0 Å². The lowest BCUT2D eigenvalue weighted by Crippen LogP contribution is -2.03. The molecule has 0 bridgehead atoms. The van der Waals surface area contributed by atoms with Crippen LogP contribution in [-0.4, -0.2) is 5.78 Å². The molecule has 0 saturated carbocycles. The Labute approximate surface area is 134 Å². The minimum Gasteiger partial charge on any atom is -0.289 e. The van der Waals surface area contributed by atoms with Crippen LogP contribution < -0.4 is 0 Å². The molecule has 0 N–H and O–H groups in total. The summed E-state index contributed by atoms with van der Waals surface area (Å²) >= 11 is 8.38. The number of benzene rings is 1. The Bertz CT molecular complexity index is 617. The Morgan fingerprint density at radius 3 is 2.32 bits per heavy atom. The van der Waals surface area contributed by atoms with Gasteiger partial charge in [0.25, 0.3) is 0 Å². The summed E-state index contributed by atoms with van der Waals surface area (Å²) in [5.74, 6) is 0.0752. The monoisotopic (exact) mass is 400 g/mol. The third-order valence-electron chi connectivity index (χ3n) is 3.13. The maximum Gasteiger partial charge on any atom is 0.195 e. The van der Waals surface area contributed by atoms with Crippen LogP contribution >= 0.6 is 43.2 Å². The van der Waals surface area contributed by atoms with Crippen molar-refractivity contribution in [2.75, 3.05) is 0 Å².